The van der Waals surface area contributed by atoms with E-state index in [4.69, 9.17) is 4.74 Å². The Morgan fingerprint density at radius 1 is 1.31 bits per heavy atom. The van der Waals surface area contributed by atoms with Crippen molar-refractivity contribution in [2.24, 2.45) is 0 Å². The molecule has 0 amide bonds. The maximum absolute atomic E-state index is 5.71. The van der Waals surface area contributed by atoms with Crippen molar-refractivity contribution in [3.05, 3.63) is 5.01 Å². The third kappa shape index (κ3) is 2.92. The Bertz CT molecular complexity index is 332. The fraction of sp³-hybridized carbons (Fsp3) is 0.818. The molecule has 0 aromatic carbocycles. The molecule has 1 aliphatic rings. The van der Waals surface area contributed by atoms with Crippen LogP contribution < -0.4 is 5.32 Å². The summed E-state index contributed by atoms with van der Waals surface area (Å²) >= 11 is 1.65. The van der Waals surface area contributed by atoms with Gasteiger partial charge in [-0.15, -0.1) is 10.2 Å². The van der Waals surface area contributed by atoms with E-state index in [-0.39, 0.29) is 0 Å². The van der Waals surface area contributed by atoms with E-state index in [1.807, 2.05) is 0 Å². The molecule has 0 bridgehead atoms. The summed E-state index contributed by atoms with van der Waals surface area (Å²) in [5, 5.41) is 13.8. The van der Waals surface area contributed by atoms with Gasteiger partial charge in [0.05, 0.1) is 12.2 Å². The van der Waals surface area contributed by atoms with Crippen LogP contribution in [0.5, 0.6) is 0 Å². The molecule has 1 aliphatic heterocycles. The summed E-state index contributed by atoms with van der Waals surface area (Å²) in [6.07, 6.45) is 3.72. The SMILES string of the molecule is CCc1nnc(NC2CC(C)OC(C)C2)s1. The molecule has 1 N–H and O–H groups in total. The van der Waals surface area contributed by atoms with Crippen molar-refractivity contribution < 1.29 is 4.74 Å². The number of aromatic nitrogens is 2. The zero-order valence-corrected chi connectivity index (χ0v) is 10.9. The minimum Gasteiger partial charge on any atom is -0.375 e. The molecule has 2 rings (SSSR count). The second-order valence-corrected chi connectivity index (χ2v) is 5.49. The van der Waals surface area contributed by atoms with Crippen molar-refractivity contribution in [1.29, 1.82) is 0 Å². The van der Waals surface area contributed by atoms with Crippen molar-refractivity contribution in [3.63, 3.8) is 0 Å². The van der Waals surface area contributed by atoms with E-state index in [0.29, 0.717) is 18.2 Å². The highest BCUT2D eigenvalue weighted by molar-refractivity contribution is 7.15. The number of anilines is 1. The molecule has 0 aliphatic carbocycles. The molecule has 5 heteroatoms. The molecule has 16 heavy (non-hydrogen) atoms. The first kappa shape index (κ1) is 11.8. The van der Waals surface area contributed by atoms with E-state index in [0.717, 1.165) is 29.4 Å². The van der Waals surface area contributed by atoms with Gasteiger partial charge < -0.3 is 10.1 Å². The number of ether oxygens (including phenoxy) is 1. The van der Waals surface area contributed by atoms with Crippen LogP contribution in [-0.2, 0) is 11.2 Å². The molecule has 0 spiro atoms. The van der Waals surface area contributed by atoms with Gasteiger partial charge in [-0.2, -0.15) is 0 Å². The quantitative estimate of drug-likeness (QED) is 0.883. The molecular formula is C11H19N3OS. The van der Waals surface area contributed by atoms with E-state index in [2.05, 4.69) is 36.3 Å². The number of nitrogens with zero attached hydrogens (tertiary/aromatic N) is 2. The first-order chi connectivity index (χ1) is 7.67. The zero-order valence-electron chi connectivity index (χ0n) is 10.1. The fourth-order valence-corrected chi connectivity index (χ4v) is 2.91. The molecule has 1 fully saturated rings. The molecule has 1 aromatic heterocycles. The lowest BCUT2D eigenvalue weighted by atomic mass is 10.0. The Kier molecular flexibility index (Phi) is 3.76. The zero-order chi connectivity index (χ0) is 11.5. The second kappa shape index (κ2) is 5.10. The van der Waals surface area contributed by atoms with Gasteiger partial charge in [0.2, 0.25) is 5.13 Å². The van der Waals surface area contributed by atoms with Crippen LogP contribution in [0.2, 0.25) is 0 Å². The Morgan fingerprint density at radius 3 is 2.56 bits per heavy atom. The molecule has 2 atom stereocenters. The molecule has 2 heterocycles. The van der Waals surface area contributed by atoms with Crippen LogP contribution in [0, 0.1) is 0 Å². The predicted molar refractivity (Wildman–Crippen MR) is 65.9 cm³/mol. The average Bonchev–Trinajstić information content (AvgIpc) is 2.64. The van der Waals surface area contributed by atoms with E-state index in [1.165, 1.54) is 0 Å². The van der Waals surface area contributed by atoms with Gasteiger partial charge in [-0.05, 0) is 33.1 Å². The Labute approximate surface area is 100 Å². The summed E-state index contributed by atoms with van der Waals surface area (Å²) in [6.45, 7) is 6.35. The summed E-state index contributed by atoms with van der Waals surface area (Å²) in [4.78, 5) is 0. The van der Waals surface area contributed by atoms with Gasteiger partial charge in [0, 0.05) is 6.04 Å². The van der Waals surface area contributed by atoms with Crippen LogP contribution in [-0.4, -0.2) is 28.4 Å². The summed E-state index contributed by atoms with van der Waals surface area (Å²) < 4.78 is 5.71. The molecular weight excluding hydrogens is 222 g/mol. The third-order valence-corrected chi connectivity index (χ3v) is 3.79. The highest BCUT2D eigenvalue weighted by Crippen LogP contribution is 2.24. The first-order valence-corrected chi connectivity index (χ1v) is 6.73. The van der Waals surface area contributed by atoms with Crippen LogP contribution in [0.4, 0.5) is 5.13 Å². The number of aryl methyl sites for hydroxylation is 1. The lowest BCUT2D eigenvalue weighted by Crippen LogP contribution is -2.36. The Hall–Kier alpha value is -0.680. The average molecular weight is 241 g/mol. The standard InChI is InChI=1S/C11H19N3OS/c1-4-10-13-14-11(16-10)12-9-5-7(2)15-8(3)6-9/h7-9H,4-6H2,1-3H3,(H,12,14). The first-order valence-electron chi connectivity index (χ1n) is 5.91. The van der Waals surface area contributed by atoms with Crippen molar-refractivity contribution in [1.82, 2.24) is 10.2 Å². The maximum Gasteiger partial charge on any atom is 0.205 e. The Balaban J connectivity index is 1.93. The van der Waals surface area contributed by atoms with Crippen LogP contribution in [0.1, 0.15) is 38.6 Å². The number of rotatable bonds is 3. The molecule has 90 valence electrons. The van der Waals surface area contributed by atoms with Gasteiger partial charge in [0.25, 0.3) is 0 Å². The highest BCUT2D eigenvalue weighted by atomic mass is 32.1. The highest BCUT2D eigenvalue weighted by Gasteiger charge is 2.24. The predicted octanol–water partition coefficient (Wildman–Crippen LogP) is 2.47. The summed E-state index contributed by atoms with van der Waals surface area (Å²) in [5.74, 6) is 0. The van der Waals surface area contributed by atoms with E-state index in [9.17, 15) is 0 Å². The minimum atomic E-state index is 0.333. The minimum absolute atomic E-state index is 0.333. The molecule has 1 saturated heterocycles. The van der Waals surface area contributed by atoms with Gasteiger partial charge in [-0.25, -0.2) is 0 Å². The van der Waals surface area contributed by atoms with E-state index < -0.39 is 0 Å². The van der Waals surface area contributed by atoms with Crippen LogP contribution >= 0.6 is 11.3 Å². The lowest BCUT2D eigenvalue weighted by molar-refractivity contribution is -0.0337. The van der Waals surface area contributed by atoms with Crippen LogP contribution in [0.15, 0.2) is 0 Å². The third-order valence-electron chi connectivity index (χ3n) is 2.79. The molecule has 0 radical (unpaired) electrons. The topological polar surface area (TPSA) is 47.0 Å². The maximum atomic E-state index is 5.71. The van der Waals surface area contributed by atoms with Crippen molar-refractivity contribution in [2.75, 3.05) is 5.32 Å². The van der Waals surface area contributed by atoms with Crippen LogP contribution in [0.25, 0.3) is 0 Å². The van der Waals surface area contributed by atoms with Gasteiger partial charge in [0.15, 0.2) is 0 Å². The largest absolute Gasteiger partial charge is 0.375 e. The molecule has 4 nitrogen and oxygen atoms in total. The summed E-state index contributed by atoms with van der Waals surface area (Å²) in [7, 11) is 0. The van der Waals surface area contributed by atoms with Crippen molar-refractivity contribution in [2.45, 2.75) is 58.3 Å². The van der Waals surface area contributed by atoms with Gasteiger partial charge >= 0.3 is 0 Å². The molecule has 1 aromatic rings. The van der Waals surface area contributed by atoms with E-state index >= 15 is 0 Å². The van der Waals surface area contributed by atoms with Gasteiger partial charge in [-0.1, -0.05) is 18.3 Å². The van der Waals surface area contributed by atoms with Gasteiger partial charge in [-0.3, -0.25) is 0 Å². The monoisotopic (exact) mass is 241 g/mol. The second-order valence-electron chi connectivity index (χ2n) is 4.42. The number of hydrogen-bond donors (Lipinski definition) is 1. The van der Waals surface area contributed by atoms with E-state index in [1.54, 1.807) is 11.3 Å². The number of nitrogens with one attached hydrogen (secondary N) is 1. The number of hydrogen-bond acceptors (Lipinski definition) is 5. The van der Waals surface area contributed by atoms with Gasteiger partial charge in [0.1, 0.15) is 5.01 Å². The Morgan fingerprint density at radius 2 is 2.00 bits per heavy atom. The van der Waals surface area contributed by atoms with Crippen molar-refractivity contribution >= 4 is 16.5 Å². The molecule has 2 unspecified atom stereocenters. The fourth-order valence-electron chi connectivity index (χ4n) is 2.15. The van der Waals surface area contributed by atoms with Crippen molar-refractivity contribution in [3.8, 4) is 0 Å². The van der Waals surface area contributed by atoms with Crippen LogP contribution in [0.3, 0.4) is 0 Å². The smallest absolute Gasteiger partial charge is 0.205 e. The summed E-state index contributed by atoms with van der Waals surface area (Å²) in [6, 6.07) is 0.469. The normalized spacial score (nSPS) is 30.3. The lowest BCUT2D eigenvalue weighted by Gasteiger charge is -2.32. The summed E-state index contributed by atoms with van der Waals surface area (Å²) in [5.41, 5.74) is 0. The molecule has 0 saturated carbocycles.